The molecule has 1 heterocycles. The molecule has 1 atom stereocenters. The Morgan fingerprint density at radius 3 is 2.81 bits per heavy atom. The first kappa shape index (κ1) is 16.1. The van der Waals surface area contributed by atoms with Crippen molar-refractivity contribution in [1.29, 1.82) is 0 Å². The first-order chi connectivity index (χ1) is 9.87. The normalized spacial score (nSPS) is 17.4. The van der Waals surface area contributed by atoms with Crippen molar-refractivity contribution in [3.63, 3.8) is 0 Å². The summed E-state index contributed by atoms with van der Waals surface area (Å²) in [6.45, 7) is 10.1. The van der Waals surface area contributed by atoms with Gasteiger partial charge in [-0.05, 0) is 32.4 Å². The van der Waals surface area contributed by atoms with E-state index < -0.39 is 6.10 Å². The summed E-state index contributed by atoms with van der Waals surface area (Å²) in [6, 6.07) is 5.94. The van der Waals surface area contributed by atoms with Crippen LogP contribution in [0.3, 0.4) is 0 Å². The molecule has 2 rings (SSSR count). The average molecular weight is 293 g/mol. The van der Waals surface area contributed by atoms with Gasteiger partial charge in [0.2, 0.25) is 0 Å². The molecule has 0 aromatic heterocycles. The lowest BCUT2D eigenvalue weighted by Crippen LogP contribution is -2.33. The van der Waals surface area contributed by atoms with E-state index in [0.717, 1.165) is 24.5 Å². The van der Waals surface area contributed by atoms with Gasteiger partial charge >= 0.3 is 0 Å². The quantitative estimate of drug-likeness (QED) is 0.810. The SMILES string of the molecule is CC(C)CNCC(O)COc1cccc2c1OC(C)(C)C2. The van der Waals surface area contributed by atoms with Crippen molar-refractivity contribution in [3.8, 4) is 11.5 Å². The minimum absolute atomic E-state index is 0.181. The maximum atomic E-state index is 9.95. The average Bonchev–Trinajstić information content (AvgIpc) is 2.70. The zero-order chi connectivity index (χ0) is 15.5. The summed E-state index contributed by atoms with van der Waals surface area (Å²) in [6.07, 6.45) is 0.368. The summed E-state index contributed by atoms with van der Waals surface area (Å²) in [4.78, 5) is 0. The largest absolute Gasteiger partial charge is 0.487 e. The lowest BCUT2D eigenvalue weighted by Gasteiger charge is -2.19. The fourth-order valence-electron chi connectivity index (χ4n) is 2.48. The minimum atomic E-state index is -0.519. The van der Waals surface area contributed by atoms with Gasteiger partial charge in [0, 0.05) is 18.5 Å². The van der Waals surface area contributed by atoms with Gasteiger partial charge in [0.25, 0.3) is 0 Å². The Kier molecular flexibility index (Phi) is 5.12. The van der Waals surface area contributed by atoms with Gasteiger partial charge in [0.15, 0.2) is 11.5 Å². The van der Waals surface area contributed by atoms with E-state index >= 15 is 0 Å². The highest BCUT2D eigenvalue weighted by molar-refractivity contribution is 5.50. The van der Waals surface area contributed by atoms with Crippen molar-refractivity contribution >= 4 is 0 Å². The van der Waals surface area contributed by atoms with Crippen LogP contribution >= 0.6 is 0 Å². The number of fused-ring (bicyclic) bond motifs is 1. The van der Waals surface area contributed by atoms with Gasteiger partial charge in [0.1, 0.15) is 18.3 Å². The van der Waals surface area contributed by atoms with Crippen molar-refractivity contribution < 1.29 is 14.6 Å². The van der Waals surface area contributed by atoms with E-state index in [0.29, 0.717) is 12.5 Å². The van der Waals surface area contributed by atoms with Crippen LogP contribution in [0.25, 0.3) is 0 Å². The van der Waals surface area contributed by atoms with E-state index in [1.807, 2.05) is 12.1 Å². The molecule has 0 radical (unpaired) electrons. The third-order valence-electron chi connectivity index (χ3n) is 3.42. The summed E-state index contributed by atoms with van der Waals surface area (Å²) in [5.41, 5.74) is 0.990. The molecule has 1 unspecified atom stereocenters. The molecule has 2 N–H and O–H groups in total. The molecule has 1 aliphatic heterocycles. The number of nitrogens with one attached hydrogen (secondary N) is 1. The van der Waals surface area contributed by atoms with Gasteiger partial charge in [-0.1, -0.05) is 26.0 Å². The van der Waals surface area contributed by atoms with Gasteiger partial charge in [-0.3, -0.25) is 0 Å². The van der Waals surface area contributed by atoms with Crippen molar-refractivity contribution in [2.75, 3.05) is 19.7 Å². The smallest absolute Gasteiger partial charge is 0.165 e. The van der Waals surface area contributed by atoms with Gasteiger partial charge < -0.3 is 19.9 Å². The molecule has 118 valence electrons. The molecule has 0 saturated heterocycles. The van der Waals surface area contributed by atoms with E-state index in [1.54, 1.807) is 0 Å². The van der Waals surface area contributed by atoms with Crippen LogP contribution in [0.2, 0.25) is 0 Å². The number of aliphatic hydroxyl groups is 1. The molecule has 4 nitrogen and oxygen atoms in total. The fraction of sp³-hybridized carbons (Fsp3) is 0.647. The molecule has 0 amide bonds. The van der Waals surface area contributed by atoms with E-state index in [1.165, 1.54) is 5.56 Å². The summed E-state index contributed by atoms with van der Waals surface area (Å²) < 4.78 is 11.7. The highest BCUT2D eigenvalue weighted by Crippen LogP contribution is 2.41. The van der Waals surface area contributed by atoms with Crippen LogP contribution in [0.4, 0.5) is 0 Å². The molecule has 1 aromatic carbocycles. The topological polar surface area (TPSA) is 50.7 Å². The first-order valence-corrected chi connectivity index (χ1v) is 7.70. The number of para-hydroxylation sites is 1. The van der Waals surface area contributed by atoms with Crippen molar-refractivity contribution in [1.82, 2.24) is 5.32 Å². The minimum Gasteiger partial charge on any atom is -0.487 e. The van der Waals surface area contributed by atoms with E-state index in [2.05, 4.69) is 39.1 Å². The lowest BCUT2D eigenvalue weighted by molar-refractivity contribution is 0.0968. The highest BCUT2D eigenvalue weighted by atomic mass is 16.5. The van der Waals surface area contributed by atoms with Crippen LogP contribution in [0.5, 0.6) is 11.5 Å². The Balaban J connectivity index is 1.86. The standard InChI is InChI=1S/C17H27NO3/c1-12(2)9-18-10-14(19)11-20-15-7-5-6-13-8-17(3,4)21-16(13)15/h5-7,12,14,18-19H,8-11H2,1-4H3. The number of rotatable bonds is 7. The Bertz CT molecular complexity index is 471. The second-order valence-corrected chi connectivity index (χ2v) is 6.80. The summed E-state index contributed by atoms with van der Waals surface area (Å²) in [5, 5.41) is 13.2. The maximum absolute atomic E-state index is 9.95. The Morgan fingerprint density at radius 2 is 2.10 bits per heavy atom. The summed E-state index contributed by atoms with van der Waals surface area (Å²) >= 11 is 0. The maximum Gasteiger partial charge on any atom is 0.165 e. The first-order valence-electron chi connectivity index (χ1n) is 7.70. The fourth-order valence-corrected chi connectivity index (χ4v) is 2.48. The summed E-state index contributed by atoms with van der Waals surface area (Å²) in [7, 11) is 0. The van der Waals surface area contributed by atoms with Crippen LogP contribution in [0.1, 0.15) is 33.3 Å². The zero-order valence-electron chi connectivity index (χ0n) is 13.5. The predicted octanol–water partition coefficient (Wildman–Crippen LogP) is 2.39. The van der Waals surface area contributed by atoms with Crippen molar-refractivity contribution in [2.24, 2.45) is 5.92 Å². The monoisotopic (exact) mass is 293 g/mol. The van der Waals surface area contributed by atoms with E-state index in [-0.39, 0.29) is 12.2 Å². The molecule has 1 aliphatic rings. The molecule has 1 aromatic rings. The predicted molar refractivity (Wildman–Crippen MR) is 84.1 cm³/mol. The van der Waals surface area contributed by atoms with Gasteiger partial charge in [0.05, 0.1) is 0 Å². The van der Waals surface area contributed by atoms with Gasteiger partial charge in [-0.2, -0.15) is 0 Å². The molecular weight excluding hydrogens is 266 g/mol. The molecule has 0 aliphatic carbocycles. The third kappa shape index (κ3) is 4.61. The molecule has 4 heteroatoms. The van der Waals surface area contributed by atoms with E-state index in [9.17, 15) is 5.11 Å². The van der Waals surface area contributed by atoms with Gasteiger partial charge in [-0.25, -0.2) is 0 Å². The molecule has 0 spiro atoms. The second-order valence-electron chi connectivity index (χ2n) is 6.80. The molecule has 0 fully saturated rings. The number of ether oxygens (including phenoxy) is 2. The summed E-state index contributed by atoms with van der Waals surface area (Å²) in [5.74, 6) is 2.12. The zero-order valence-corrected chi connectivity index (χ0v) is 13.5. The number of aliphatic hydroxyl groups excluding tert-OH is 1. The van der Waals surface area contributed by atoms with Crippen LogP contribution < -0.4 is 14.8 Å². The Labute approximate surface area is 127 Å². The second kappa shape index (κ2) is 6.67. The molecule has 0 bridgehead atoms. The van der Waals surface area contributed by atoms with Crippen LogP contribution in [-0.4, -0.2) is 36.5 Å². The van der Waals surface area contributed by atoms with Crippen LogP contribution in [-0.2, 0) is 6.42 Å². The number of benzene rings is 1. The molecule has 0 saturated carbocycles. The molecular formula is C17H27NO3. The number of hydrogen-bond acceptors (Lipinski definition) is 4. The highest BCUT2D eigenvalue weighted by Gasteiger charge is 2.32. The van der Waals surface area contributed by atoms with Crippen LogP contribution in [0, 0.1) is 5.92 Å². The Hall–Kier alpha value is -1.26. The van der Waals surface area contributed by atoms with Crippen molar-refractivity contribution in [2.45, 2.75) is 45.8 Å². The lowest BCUT2D eigenvalue weighted by atomic mass is 10.0. The van der Waals surface area contributed by atoms with Crippen molar-refractivity contribution in [3.05, 3.63) is 23.8 Å². The number of hydrogen-bond donors (Lipinski definition) is 2. The van der Waals surface area contributed by atoms with E-state index in [4.69, 9.17) is 9.47 Å². The Morgan fingerprint density at radius 1 is 1.33 bits per heavy atom. The third-order valence-corrected chi connectivity index (χ3v) is 3.42. The molecule has 21 heavy (non-hydrogen) atoms. The van der Waals surface area contributed by atoms with Crippen LogP contribution in [0.15, 0.2) is 18.2 Å². The van der Waals surface area contributed by atoms with Gasteiger partial charge in [-0.15, -0.1) is 0 Å².